The zero-order valence-corrected chi connectivity index (χ0v) is 40.0. The van der Waals surface area contributed by atoms with Gasteiger partial charge in [0, 0.05) is 0 Å². The third-order valence-corrected chi connectivity index (χ3v) is 13.3. The number of rotatable bonds is 11. The second kappa shape index (κ2) is 17.2. The van der Waals surface area contributed by atoms with Gasteiger partial charge in [-0.1, -0.05) is 0 Å². The molecule has 0 N–H and O–H groups in total. The van der Waals surface area contributed by atoms with E-state index in [0.29, 0.717) is 6.61 Å². The van der Waals surface area contributed by atoms with Crippen LogP contribution in [0, 0.1) is 27.7 Å². The fraction of sp³-hybridized carbons (Fsp3) is 0.412. The predicted molar refractivity (Wildman–Crippen MR) is 244 cm³/mol. The molecule has 5 aromatic rings. The topological polar surface area (TPSA) is 36.9 Å². The minimum absolute atomic E-state index is 0.0134. The fourth-order valence-electron chi connectivity index (χ4n) is 6.75. The van der Waals surface area contributed by atoms with Gasteiger partial charge in [0.15, 0.2) is 0 Å². The Balaban J connectivity index is 1.63. The van der Waals surface area contributed by atoms with Crippen molar-refractivity contribution in [2.45, 2.75) is 139 Å². The molecule has 0 aliphatic carbocycles. The summed E-state index contributed by atoms with van der Waals surface area (Å²) < 4.78 is 30.2. The Kier molecular flexibility index (Phi) is 13.4. The molecule has 57 heavy (non-hydrogen) atoms. The van der Waals surface area contributed by atoms with Crippen molar-refractivity contribution in [1.29, 1.82) is 0 Å². The van der Waals surface area contributed by atoms with Crippen molar-refractivity contribution in [1.82, 2.24) is 0 Å². The molecule has 0 bridgehead atoms. The van der Waals surface area contributed by atoms with Crippen LogP contribution >= 0.6 is 8.60 Å². The van der Waals surface area contributed by atoms with Crippen LogP contribution in [0.2, 0.25) is 0 Å². The van der Waals surface area contributed by atoms with E-state index in [4.69, 9.17) is 18.3 Å². The van der Waals surface area contributed by atoms with E-state index in [9.17, 15) is 0 Å². The van der Waals surface area contributed by atoms with Gasteiger partial charge in [0.2, 0.25) is 0 Å². The van der Waals surface area contributed by atoms with Crippen LogP contribution in [0.4, 0.5) is 0 Å². The average molecular weight is 852 g/mol. The van der Waals surface area contributed by atoms with E-state index >= 15 is 0 Å². The molecule has 0 amide bonds. The molecule has 0 spiro atoms. The summed E-state index contributed by atoms with van der Waals surface area (Å²) in [6.45, 7) is 36.0. The summed E-state index contributed by atoms with van der Waals surface area (Å²) in [7, 11) is -1.99. The van der Waals surface area contributed by atoms with E-state index in [2.05, 4.69) is 196 Å². The van der Waals surface area contributed by atoms with Crippen molar-refractivity contribution < 1.29 is 18.3 Å². The minimum atomic E-state index is -1.99. The Labute approximate surface area is 352 Å². The van der Waals surface area contributed by atoms with E-state index in [1.807, 2.05) is 6.07 Å². The number of benzene rings is 5. The molecule has 4 nitrogen and oxygen atoms in total. The first-order valence-corrected chi connectivity index (χ1v) is 22.9. The number of hydrogen-bond acceptors (Lipinski definition) is 4. The van der Waals surface area contributed by atoms with Gasteiger partial charge in [0.25, 0.3) is 0 Å². The molecule has 0 radical (unpaired) electrons. The van der Waals surface area contributed by atoms with E-state index < -0.39 is 8.60 Å². The van der Waals surface area contributed by atoms with E-state index in [0.717, 1.165) is 55.3 Å². The normalized spacial score (nSPS) is 12.5. The average Bonchev–Trinajstić information content (AvgIpc) is 3.08. The molecule has 0 fully saturated rings. The summed E-state index contributed by atoms with van der Waals surface area (Å²) in [4.78, 5) is 0. The molecule has 0 aliphatic heterocycles. The van der Waals surface area contributed by atoms with Gasteiger partial charge >= 0.3 is 354 Å². The first kappa shape index (κ1) is 44.4. The zero-order valence-electron chi connectivity index (χ0n) is 37.4. The maximum atomic E-state index is 7.17. The molecule has 0 saturated carbocycles. The van der Waals surface area contributed by atoms with Crippen LogP contribution in [0.3, 0.4) is 0 Å². The van der Waals surface area contributed by atoms with Crippen LogP contribution < -0.4 is 27.2 Å². The summed E-state index contributed by atoms with van der Waals surface area (Å²) >= 11 is -0.161. The standard InChI is InChI=1S/C51H65O4PSe/c1-33-26-35(3)46(52-32-37-20-18-17-19-21-37)44(28-33)57-45-29-34(2)27-36(4)47(45)55-56(53-42-24-22-38(48(5,6)7)30-40(42)50(11,12)13)54-43-25-23-39(49(8,9)10)31-41(43)51(14,15)16/h17-31H,32H2,1-16H3. The molecule has 5 rings (SSSR count). The first-order chi connectivity index (χ1) is 26.4. The zero-order chi connectivity index (χ0) is 42.1. The molecule has 304 valence electrons. The Morgan fingerprint density at radius 1 is 0.474 bits per heavy atom. The van der Waals surface area contributed by atoms with Gasteiger partial charge < -0.3 is 0 Å². The van der Waals surface area contributed by atoms with Crippen LogP contribution in [0.1, 0.15) is 133 Å². The van der Waals surface area contributed by atoms with Crippen molar-refractivity contribution >= 4 is 32.5 Å². The van der Waals surface area contributed by atoms with Gasteiger partial charge in [0.1, 0.15) is 0 Å². The van der Waals surface area contributed by atoms with Crippen LogP contribution in [0.5, 0.6) is 23.0 Å². The predicted octanol–water partition coefficient (Wildman–Crippen LogP) is 13.1. The number of ether oxygens (including phenoxy) is 1. The quantitative estimate of drug-likeness (QED) is 0.0980. The molecule has 0 unspecified atom stereocenters. The molecule has 5 aromatic carbocycles. The van der Waals surface area contributed by atoms with E-state index in [-0.39, 0.29) is 36.6 Å². The molecule has 0 saturated heterocycles. The van der Waals surface area contributed by atoms with Gasteiger partial charge in [-0.05, 0) is 0 Å². The van der Waals surface area contributed by atoms with Crippen LogP contribution in [-0.2, 0) is 28.3 Å². The monoisotopic (exact) mass is 852 g/mol. The summed E-state index contributed by atoms with van der Waals surface area (Å²) in [5.74, 6) is 3.28. The SMILES string of the molecule is Cc1cc(C)c(OCc2ccccc2)c([Se]c2cc(C)cc(C)c2OP(Oc2ccc(C(C)(C)C)cc2C(C)(C)C)Oc2ccc(C(C)(C)C)cc2C(C)(C)C)c1. The Morgan fingerprint density at radius 2 is 0.912 bits per heavy atom. The Morgan fingerprint density at radius 3 is 1.35 bits per heavy atom. The van der Waals surface area contributed by atoms with Crippen molar-refractivity contribution in [3.8, 4) is 23.0 Å². The van der Waals surface area contributed by atoms with Crippen molar-refractivity contribution in [3.05, 3.63) is 141 Å². The fourth-order valence-corrected chi connectivity index (χ4v) is 10.8. The summed E-state index contributed by atoms with van der Waals surface area (Å²) in [6, 6.07) is 32.4. The molecular weight excluding hydrogens is 786 g/mol. The molecule has 0 aromatic heterocycles. The second-order valence-electron chi connectivity index (χ2n) is 19.6. The second-order valence-corrected chi connectivity index (χ2v) is 22.9. The third-order valence-electron chi connectivity index (χ3n) is 10.0. The van der Waals surface area contributed by atoms with E-state index in [1.165, 1.54) is 26.7 Å². The maximum absolute atomic E-state index is 7.17. The van der Waals surface area contributed by atoms with Crippen LogP contribution in [-0.4, -0.2) is 15.0 Å². The molecule has 0 heterocycles. The van der Waals surface area contributed by atoms with Crippen molar-refractivity contribution in [2.24, 2.45) is 0 Å². The first-order valence-electron chi connectivity index (χ1n) is 20.1. The third kappa shape index (κ3) is 11.5. The Hall–Kier alpha value is -3.75. The van der Waals surface area contributed by atoms with Crippen molar-refractivity contribution in [2.75, 3.05) is 0 Å². The van der Waals surface area contributed by atoms with Gasteiger partial charge in [-0.3, -0.25) is 0 Å². The Bertz CT molecular complexity index is 2100. The summed E-state index contributed by atoms with van der Waals surface area (Å²) in [6.07, 6.45) is 0. The van der Waals surface area contributed by atoms with E-state index in [1.54, 1.807) is 0 Å². The summed E-state index contributed by atoms with van der Waals surface area (Å²) in [5.41, 5.74) is 10.1. The molecular formula is C51H65O4PSe. The number of aryl methyl sites for hydroxylation is 4. The van der Waals surface area contributed by atoms with Crippen LogP contribution in [0.25, 0.3) is 0 Å². The van der Waals surface area contributed by atoms with Crippen molar-refractivity contribution in [3.63, 3.8) is 0 Å². The molecule has 6 heteroatoms. The number of hydrogen-bond donors (Lipinski definition) is 0. The molecule has 0 aliphatic rings. The van der Waals surface area contributed by atoms with Gasteiger partial charge in [0.05, 0.1) is 0 Å². The van der Waals surface area contributed by atoms with Crippen LogP contribution in [0.15, 0.2) is 91.0 Å². The molecule has 0 atom stereocenters. The summed E-state index contributed by atoms with van der Waals surface area (Å²) in [5, 5.41) is 0. The van der Waals surface area contributed by atoms with Gasteiger partial charge in [-0.2, -0.15) is 0 Å². The van der Waals surface area contributed by atoms with Gasteiger partial charge in [-0.25, -0.2) is 0 Å². The van der Waals surface area contributed by atoms with Gasteiger partial charge in [-0.15, -0.1) is 0 Å².